The molecule has 0 fully saturated rings. The molecule has 0 saturated heterocycles. The van der Waals surface area contributed by atoms with Crippen molar-refractivity contribution in [3.05, 3.63) is 63.3 Å². The Morgan fingerprint density at radius 2 is 2.12 bits per heavy atom. The monoisotopic (exact) mass is 355 g/mol. The summed E-state index contributed by atoms with van der Waals surface area (Å²) >= 11 is 3.36. The number of hydrazone groups is 1. The zero-order valence-corrected chi connectivity index (χ0v) is 15.1. The molecule has 0 spiro atoms. The lowest BCUT2D eigenvalue weighted by molar-refractivity contribution is 0.414. The quantitative estimate of drug-likeness (QED) is 0.669. The van der Waals surface area contributed by atoms with Crippen molar-refractivity contribution >= 4 is 33.5 Å². The van der Waals surface area contributed by atoms with Crippen LogP contribution < -0.4 is 9.75 Å². The molecular weight excluding hydrogens is 338 g/mol. The number of thiophene rings is 1. The second kappa shape index (κ2) is 6.37. The van der Waals surface area contributed by atoms with Crippen LogP contribution in [0.4, 0.5) is 5.13 Å². The van der Waals surface area contributed by atoms with E-state index in [0.29, 0.717) is 0 Å². The average molecular weight is 355 g/mol. The summed E-state index contributed by atoms with van der Waals surface area (Å²) in [6.45, 7) is 2.01. The summed E-state index contributed by atoms with van der Waals surface area (Å²) in [6, 6.07) is 12.6. The number of benzene rings is 1. The first kappa shape index (κ1) is 15.4. The molecule has 1 aromatic carbocycles. The Morgan fingerprint density at radius 1 is 1.21 bits per heavy atom. The molecule has 0 bridgehead atoms. The number of rotatable bonds is 4. The molecule has 0 aliphatic carbocycles. The summed E-state index contributed by atoms with van der Waals surface area (Å²) in [4.78, 5) is 5.86. The molecule has 4 rings (SSSR count). The Hall–Kier alpha value is -2.18. The van der Waals surface area contributed by atoms with Gasteiger partial charge < -0.3 is 4.74 Å². The largest absolute Gasteiger partial charge is 0.497 e. The number of hydrogen-bond donors (Lipinski definition) is 0. The fourth-order valence-electron chi connectivity index (χ4n) is 2.83. The van der Waals surface area contributed by atoms with E-state index >= 15 is 0 Å². The molecule has 0 amide bonds. The number of anilines is 1. The average Bonchev–Trinajstić information content (AvgIpc) is 3.34. The summed E-state index contributed by atoms with van der Waals surface area (Å²) < 4.78 is 5.39. The fourth-order valence-corrected chi connectivity index (χ4v) is 4.36. The van der Waals surface area contributed by atoms with Crippen LogP contribution in [-0.4, -0.2) is 17.8 Å². The number of hydrogen-bond acceptors (Lipinski definition) is 6. The second-order valence-corrected chi connectivity index (χ2v) is 7.42. The maximum absolute atomic E-state index is 5.39. The number of aromatic nitrogens is 1. The van der Waals surface area contributed by atoms with Gasteiger partial charge in [-0.05, 0) is 36.1 Å². The van der Waals surface area contributed by atoms with E-state index in [9.17, 15) is 0 Å². The zero-order chi connectivity index (χ0) is 16.5. The van der Waals surface area contributed by atoms with Crippen LogP contribution in [0.1, 0.15) is 28.6 Å². The van der Waals surface area contributed by atoms with E-state index in [1.807, 2.05) is 19.1 Å². The number of ether oxygens (including phenoxy) is 1. The highest BCUT2D eigenvalue weighted by atomic mass is 32.1. The highest BCUT2D eigenvalue weighted by molar-refractivity contribution is 7.13. The van der Waals surface area contributed by atoms with Crippen molar-refractivity contribution in [2.75, 3.05) is 12.1 Å². The molecular formula is C18H17N3OS2. The topological polar surface area (TPSA) is 37.7 Å². The summed E-state index contributed by atoms with van der Waals surface area (Å²) in [5.41, 5.74) is 3.34. The molecule has 4 nitrogen and oxygen atoms in total. The van der Waals surface area contributed by atoms with Gasteiger partial charge in [-0.3, -0.25) is 0 Å². The first-order chi connectivity index (χ1) is 11.7. The second-order valence-electron chi connectivity index (χ2n) is 5.64. The number of thiazole rings is 1. The van der Waals surface area contributed by atoms with Crippen LogP contribution >= 0.6 is 22.7 Å². The number of methoxy groups -OCH3 is 1. The van der Waals surface area contributed by atoms with Gasteiger partial charge in [-0.15, -0.1) is 22.7 Å². The predicted molar refractivity (Wildman–Crippen MR) is 101 cm³/mol. The van der Waals surface area contributed by atoms with Gasteiger partial charge in [0.05, 0.1) is 29.4 Å². The first-order valence-corrected chi connectivity index (χ1v) is 9.47. The molecule has 0 saturated carbocycles. The van der Waals surface area contributed by atoms with Crippen LogP contribution in [0.2, 0.25) is 0 Å². The van der Waals surface area contributed by atoms with Crippen LogP contribution in [0.15, 0.2) is 52.3 Å². The lowest BCUT2D eigenvalue weighted by Gasteiger charge is -2.21. The van der Waals surface area contributed by atoms with Crippen LogP contribution in [0.3, 0.4) is 0 Å². The Kier molecular flexibility index (Phi) is 4.08. The summed E-state index contributed by atoms with van der Waals surface area (Å²) in [7, 11) is 1.70. The van der Waals surface area contributed by atoms with Crippen molar-refractivity contribution in [1.82, 2.24) is 4.98 Å². The van der Waals surface area contributed by atoms with E-state index < -0.39 is 0 Å². The smallest absolute Gasteiger partial charge is 0.206 e. The van der Waals surface area contributed by atoms with E-state index in [2.05, 4.69) is 45.0 Å². The third-order valence-corrected chi connectivity index (χ3v) is 5.86. The van der Waals surface area contributed by atoms with Gasteiger partial charge in [-0.25, -0.2) is 9.99 Å². The molecule has 0 N–H and O–H groups in total. The van der Waals surface area contributed by atoms with Gasteiger partial charge in [0.15, 0.2) is 0 Å². The molecule has 3 heterocycles. The van der Waals surface area contributed by atoms with Crippen molar-refractivity contribution in [2.24, 2.45) is 5.10 Å². The van der Waals surface area contributed by atoms with Crippen molar-refractivity contribution in [3.63, 3.8) is 0 Å². The van der Waals surface area contributed by atoms with Gasteiger partial charge in [0.25, 0.3) is 0 Å². The van der Waals surface area contributed by atoms with Gasteiger partial charge >= 0.3 is 0 Å². The number of aryl methyl sites for hydroxylation is 1. The highest BCUT2D eigenvalue weighted by Crippen LogP contribution is 2.39. The lowest BCUT2D eigenvalue weighted by atomic mass is 10.0. The van der Waals surface area contributed by atoms with Crippen LogP contribution in [0, 0.1) is 6.92 Å². The summed E-state index contributed by atoms with van der Waals surface area (Å²) in [5, 5.41) is 12.0. The maximum atomic E-state index is 5.39. The van der Waals surface area contributed by atoms with E-state index in [0.717, 1.165) is 28.7 Å². The first-order valence-electron chi connectivity index (χ1n) is 7.71. The Labute approximate surface area is 149 Å². The van der Waals surface area contributed by atoms with Crippen LogP contribution in [0.25, 0.3) is 0 Å². The maximum Gasteiger partial charge on any atom is 0.206 e. The Morgan fingerprint density at radius 3 is 2.83 bits per heavy atom. The van der Waals surface area contributed by atoms with Gasteiger partial charge in [0, 0.05) is 11.8 Å². The molecule has 6 heteroatoms. The van der Waals surface area contributed by atoms with E-state index in [-0.39, 0.29) is 6.04 Å². The van der Waals surface area contributed by atoms with Crippen LogP contribution in [-0.2, 0) is 0 Å². The predicted octanol–water partition coefficient (Wildman–Crippen LogP) is 4.88. The molecule has 122 valence electrons. The van der Waals surface area contributed by atoms with E-state index in [1.54, 1.807) is 29.8 Å². The normalized spacial score (nSPS) is 17.2. The molecule has 3 aromatic rings. The van der Waals surface area contributed by atoms with E-state index in [4.69, 9.17) is 9.84 Å². The minimum absolute atomic E-state index is 0.141. The van der Waals surface area contributed by atoms with E-state index in [1.165, 1.54) is 10.4 Å². The Bertz CT molecular complexity index is 870. The Balaban J connectivity index is 1.74. The highest BCUT2D eigenvalue weighted by Gasteiger charge is 2.32. The molecule has 1 atom stereocenters. The zero-order valence-electron chi connectivity index (χ0n) is 13.5. The third-order valence-electron chi connectivity index (χ3n) is 4.00. The van der Waals surface area contributed by atoms with Gasteiger partial charge in [-0.2, -0.15) is 5.10 Å². The lowest BCUT2D eigenvalue weighted by Crippen LogP contribution is -2.18. The minimum Gasteiger partial charge on any atom is -0.497 e. The molecule has 1 unspecified atom stereocenters. The minimum atomic E-state index is 0.141. The molecule has 2 aromatic heterocycles. The van der Waals surface area contributed by atoms with Crippen molar-refractivity contribution in [1.29, 1.82) is 0 Å². The number of nitrogens with zero attached hydrogens (tertiary/aromatic N) is 3. The summed E-state index contributed by atoms with van der Waals surface area (Å²) in [6.07, 6.45) is 0.867. The third kappa shape index (κ3) is 2.83. The molecule has 1 aliphatic heterocycles. The molecule has 24 heavy (non-hydrogen) atoms. The van der Waals surface area contributed by atoms with Gasteiger partial charge in [-0.1, -0.05) is 18.2 Å². The summed E-state index contributed by atoms with van der Waals surface area (Å²) in [5.74, 6) is 0.868. The SMILES string of the molecule is COc1cccc(C2CC(c3cccs3)=NN2c2nc(C)cs2)c1. The van der Waals surface area contributed by atoms with Crippen molar-refractivity contribution < 1.29 is 4.74 Å². The fraction of sp³-hybridized carbons (Fsp3) is 0.222. The van der Waals surface area contributed by atoms with Crippen molar-refractivity contribution in [3.8, 4) is 5.75 Å². The standard InChI is InChI=1S/C18H17N3OS2/c1-12-11-24-18(19-12)21-16(13-5-3-6-14(9-13)22-2)10-15(20-21)17-7-4-8-23-17/h3-9,11,16H,10H2,1-2H3. The van der Waals surface area contributed by atoms with Gasteiger partial charge in [0.1, 0.15) is 5.75 Å². The molecule has 0 radical (unpaired) electrons. The van der Waals surface area contributed by atoms with Crippen molar-refractivity contribution in [2.45, 2.75) is 19.4 Å². The van der Waals surface area contributed by atoms with Gasteiger partial charge in [0.2, 0.25) is 5.13 Å². The van der Waals surface area contributed by atoms with Crippen LogP contribution in [0.5, 0.6) is 5.75 Å². The molecule has 1 aliphatic rings.